The minimum atomic E-state index is 0.676. The summed E-state index contributed by atoms with van der Waals surface area (Å²) in [5.41, 5.74) is 0.927. The van der Waals surface area contributed by atoms with Crippen molar-refractivity contribution in [2.24, 2.45) is 0 Å². The van der Waals surface area contributed by atoms with Crippen LogP contribution in [0.1, 0.15) is 26.0 Å². The van der Waals surface area contributed by atoms with E-state index in [4.69, 9.17) is 11.6 Å². The van der Waals surface area contributed by atoms with Crippen LogP contribution >= 0.6 is 11.6 Å². The SMILES string of the molecule is CCC(C)N1CCN(c2ccc(Cl)c(CNC)n2)CC1. The number of piperazine rings is 1. The first kappa shape index (κ1) is 15.5. The van der Waals surface area contributed by atoms with Crippen LogP contribution in [-0.2, 0) is 6.54 Å². The molecule has 0 saturated carbocycles. The largest absolute Gasteiger partial charge is 0.354 e. The summed E-state index contributed by atoms with van der Waals surface area (Å²) >= 11 is 6.17. The molecule has 1 aliphatic rings. The summed E-state index contributed by atoms with van der Waals surface area (Å²) in [6.07, 6.45) is 1.21. The average Bonchev–Trinajstić information content (AvgIpc) is 2.49. The summed E-state index contributed by atoms with van der Waals surface area (Å²) < 4.78 is 0. The van der Waals surface area contributed by atoms with Crippen LogP contribution in [0.15, 0.2) is 12.1 Å². The second-order valence-corrected chi connectivity index (χ2v) is 5.82. The molecule has 2 heterocycles. The second kappa shape index (κ2) is 7.25. The molecule has 4 nitrogen and oxygen atoms in total. The lowest BCUT2D eigenvalue weighted by Crippen LogP contribution is -2.49. The smallest absolute Gasteiger partial charge is 0.129 e. The van der Waals surface area contributed by atoms with Crippen molar-refractivity contribution < 1.29 is 0 Å². The molecule has 0 amide bonds. The maximum absolute atomic E-state index is 6.17. The van der Waals surface area contributed by atoms with Gasteiger partial charge in [-0.2, -0.15) is 0 Å². The monoisotopic (exact) mass is 296 g/mol. The zero-order chi connectivity index (χ0) is 14.5. The van der Waals surface area contributed by atoms with E-state index in [-0.39, 0.29) is 0 Å². The number of pyridine rings is 1. The van der Waals surface area contributed by atoms with E-state index < -0.39 is 0 Å². The molecule has 1 aromatic heterocycles. The number of aromatic nitrogens is 1. The van der Waals surface area contributed by atoms with Gasteiger partial charge in [0.15, 0.2) is 0 Å². The summed E-state index contributed by atoms with van der Waals surface area (Å²) in [4.78, 5) is 9.60. The molecule has 0 spiro atoms. The fourth-order valence-electron chi connectivity index (χ4n) is 2.59. The highest BCUT2D eigenvalue weighted by Gasteiger charge is 2.21. The van der Waals surface area contributed by atoms with Gasteiger partial charge in [0.05, 0.1) is 10.7 Å². The van der Waals surface area contributed by atoms with Gasteiger partial charge < -0.3 is 10.2 Å². The van der Waals surface area contributed by atoms with E-state index in [2.05, 4.69) is 33.9 Å². The lowest BCUT2D eigenvalue weighted by molar-refractivity contribution is 0.192. The third-order valence-corrected chi connectivity index (χ3v) is 4.44. The van der Waals surface area contributed by atoms with Crippen molar-refractivity contribution in [2.75, 3.05) is 38.1 Å². The van der Waals surface area contributed by atoms with Crippen LogP contribution in [0.2, 0.25) is 5.02 Å². The Labute approximate surface area is 127 Å². The Balaban J connectivity index is 2.01. The second-order valence-electron chi connectivity index (χ2n) is 5.41. The molecule has 0 bridgehead atoms. The molecular formula is C15H25ClN4. The van der Waals surface area contributed by atoms with Crippen molar-refractivity contribution >= 4 is 17.4 Å². The minimum Gasteiger partial charge on any atom is -0.354 e. The van der Waals surface area contributed by atoms with Crippen molar-refractivity contribution in [3.05, 3.63) is 22.8 Å². The van der Waals surface area contributed by atoms with Gasteiger partial charge in [0.1, 0.15) is 5.82 Å². The van der Waals surface area contributed by atoms with Gasteiger partial charge in [0, 0.05) is 38.8 Å². The molecule has 1 saturated heterocycles. The number of halogens is 1. The van der Waals surface area contributed by atoms with Crippen molar-refractivity contribution in [1.82, 2.24) is 15.2 Å². The topological polar surface area (TPSA) is 31.4 Å². The normalized spacial score (nSPS) is 18.3. The van der Waals surface area contributed by atoms with Crippen molar-refractivity contribution in [1.29, 1.82) is 0 Å². The number of nitrogens with one attached hydrogen (secondary N) is 1. The molecule has 1 unspecified atom stereocenters. The fourth-order valence-corrected chi connectivity index (χ4v) is 2.76. The summed E-state index contributed by atoms with van der Waals surface area (Å²) in [7, 11) is 1.91. The van der Waals surface area contributed by atoms with Gasteiger partial charge >= 0.3 is 0 Å². The van der Waals surface area contributed by atoms with E-state index in [1.807, 2.05) is 19.2 Å². The van der Waals surface area contributed by atoms with E-state index in [1.165, 1.54) is 6.42 Å². The van der Waals surface area contributed by atoms with Crippen LogP contribution in [0, 0.1) is 0 Å². The zero-order valence-corrected chi connectivity index (χ0v) is 13.5. The van der Waals surface area contributed by atoms with Crippen LogP contribution in [-0.4, -0.2) is 49.2 Å². The van der Waals surface area contributed by atoms with Gasteiger partial charge in [-0.15, -0.1) is 0 Å². The molecule has 5 heteroatoms. The Kier molecular flexibility index (Phi) is 5.64. The first-order chi connectivity index (χ1) is 9.65. The van der Waals surface area contributed by atoms with Crippen LogP contribution in [0.4, 0.5) is 5.82 Å². The van der Waals surface area contributed by atoms with Crippen molar-refractivity contribution in [3.8, 4) is 0 Å². The third kappa shape index (κ3) is 3.62. The minimum absolute atomic E-state index is 0.676. The van der Waals surface area contributed by atoms with Crippen LogP contribution in [0.3, 0.4) is 0 Å². The van der Waals surface area contributed by atoms with Crippen molar-refractivity contribution in [2.45, 2.75) is 32.9 Å². The van der Waals surface area contributed by atoms with E-state index in [0.29, 0.717) is 12.6 Å². The molecule has 1 aliphatic heterocycles. The lowest BCUT2D eigenvalue weighted by atomic mass is 10.2. The Bertz CT molecular complexity index is 430. The standard InChI is InChI=1S/C15H25ClN4/c1-4-12(2)19-7-9-20(10-8-19)15-6-5-13(16)14(18-15)11-17-3/h5-6,12,17H,4,7-11H2,1-3H3. The predicted molar refractivity (Wildman–Crippen MR) is 85.5 cm³/mol. The molecule has 20 heavy (non-hydrogen) atoms. The summed E-state index contributed by atoms with van der Waals surface area (Å²) in [5, 5.41) is 3.85. The quantitative estimate of drug-likeness (QED) is 0.904. The number of hydrogen-bond donors (Lipinski definition) is 1. The van der Waals surface area contributed by atoms with E-state index in [0.717, 1.165) is 42.7 Å². The summed E-state index contributed by atoms with van der Waals surface area (Å²) in [6, 6.07) is 4.66. The molecule has 0 aliphatic carbocycles. The van der Waals surface area contributed by atoms with Gasteiger partial charge in [-0.3, -0.25) is 4.90 Å². The highest BCUT2D eigenvalue weighted by atomic mass is 35.5. The molecule has 0 aromatic carbocycles. The molecule has 112 valence electrons. The van der Waals surface area contributed by atoms with Gasteiger partial charge in [0.2, 0.25) is 0 Å². The molecule has 2 rings (SSSR count). The van der Waals surface area contributed by atoms with E-state index in [1.54, 1.807) is 0 Å². The summed E-state index contributed by atoms with van der Waals surface area (Å²) in [5.74, 6) is 1.04. The van der Waals surface area contributed by atoms with Gasteiger partial charge in [-0.25, -0.2) is 4.98 Å². The van der Waals surface area contributed by atoms with Gasteiger partial charge in [-0.05, 0) is 32.5 Å². The van der Waals surface area contributed by atoms with Crippen LogP contribution in [0.5, 0.6) is 0 Å². The highest BCUT2D eigenvalue weighted by Crippen LogP contribution is 2.21. The van der Waals surface area contributed by atoms with E-state index >= 15 is 0 Å². The maximum atomic E-state index is 6.17. The van der Waals surface area contributed by atoms with Crippen LogP contribution < -0.4 is 10.2 Å². The first-order valence-corrected chi connectivity index (χ1v) is 7.82. The van der Waals surface area contributed by atoms with Gasteiger partial charge in [-0.1, -0.05) is 18.5 Å². The highest BCUT2D eigenvalue weighted by molar-refractivity contribution is 6.31. The molecule has 1 N–H and O–H groups in total. The van der Waals surface area contributed by atoms with Crippen molar-refractivity contribution in [3.63, 3.8) is 0 Å². The average molecular weight is 297 g/mol. The Hall–Kier alpha value is -0.840. The number of nitrogens with zero attached hydrogens (tertiary/aromatic N) is 3. The predicted octanol–water partition coefficient (Wildman–Crippen LogP) is 2.37. The Morgan fingerprint density at radius 1 is 1.30 bits per heavy atom. The molecular weight excluding hydrogens is 272 g/mol. The molecule has 1 fully saturated rings. The van der Waals surface area contributed by atoms with Crippen LogP contribution in [0.25, 0.3) is 0 Å². The molecule has 1 atom stereocenters. The Morgan fingerprint density at radius 2 is 2.00 bits per heavy atom. The number of hydrogen-bond acceptors (Lipinski definition) is 4. The zero-order valence-electron chi connectivity index (χ0n) is 12.7. The van der Waals surface area contributed by atoms with E-state index in [9.17, 15) is 0 Å². The summed E-state index contributed by atoms with van der Waals surface area (Å²) in [6.45, 7) is 9.57. The van der Waals surface area contributed by atoms with Gasteiger partial charge in [0.25, 0.3) is 0 Å². The molecule has 0 radical (unpaired) electrons. The fraction of sp³-hybridized carbons (Fsp3) is 0.667. The lowest BCUT2D eigenvalue weighted by Gasteiger charge is -2.38. The molecule has 1 aromatic rings. The number of rotatable bonds is 5. The first-order valence-electron chi connectivity index (χ1n) is 7.44. The number of anilines is 1. The third-order valence-electron chi connectivity index (χ3n) is 4.10. The Morgan fingerprint density at radius 3 is 2.60 bits per heavy atom. The maximum Gasteiger partial charge on any atom is 0.129 e.